The highest BCUT2D eigenvalue weighted by Crippen LogP contribution is 2.15. The Morgan fingerprint density at radius 1 is 1.47 bits per heavy atom. The molecular weight excluding hydrogens is 194 g/mol. The van der Waals surface area contributed by atoms with Crippen LogP contribution in [0.15, 0.2) is 0 Å². The maximum Gasteiger partial charge on any atom is 0.0698 e. The van der Waals surface area contributed by atoms with Gasteiger partial charge >= 0.3 is 0 Å². The summed E-state index contributed by atoms with van der Waals surface area (Å²) >= 11 is 0. The van der Waals surface area contributed by atoms with E-state index >= 15 is 0 Å². The monoisotopic (exact) mass is 217 g/mol. The number of nitrogens with one attached hydrogen (secondary N) is 1. The Kier molecular flexibility index (Phi) is 6.92. The second-order valence-electron chi connectivity index (χ2n) is 3.91. The Labute approximate surface area is 92.0 Å². The molecule has 0 aromatic heterocycles. The number of aliphatic hydroxyl groups excluding tert-OH is 1. The van der Waals surface area contributed by atoms with Crippen molar-refractivity contribution in [3.05, 3.63) is 0 Å². The lowest BCUT2D eigenvalue weighted by atomic mass is 10.0. The molecule has 0 amide bonds. The van der Waals surface area contributed by atoms with Gasteiger partial charge < -0.3 is 19.9 Å². The fourth-order valence-electron chi connectivity index (χ4n) is 1.85. The lowest BCUT2D eigenvalue weighted by Gasteiger charge is -2.29. The summed E-state index contributed by atoms with van der Waals surface area (Å²) in [6.07, 6.45) is 3.72. The predicted octanol–water partition coefficient (Wildman–Crippen LogP) is 0.542. The van der Waals surface area contributed by atoms with Crippen LogP contribution >= 0.6 is 0 Å². The van der Waals surface area contributed by atoms with Crippen molar-refractivity contribution in [1.82, 2.24) is 5.32 Å². The smallest absolute Gasteiger partial charge is 0.0698 e. The van der Waals surface area contributed by atoms with E-state index in [9.17, 15) is 0 Å². The van der Waals surface area contributed by atoms with E-state index < -0.39 is 0 Å². The summed E-state index contributed by atoms with van der Waals surface area (Å²) in [6.45, 7) is 5.11. The number of rotatable bonds is 7. The minimum absolute atomic E-state index is 0.106. The van der Waals surface area contributed by atoms with E-state index in [1.165, 1.54) is 0 Å². The van der Waals surface area contributed by atoms with Gasteiger partial charge in [-0.15, -0.1) is 0 Å². The van der Waals surface area contributed by atoms with Crippen molar-refractivity contribution < 1.29 is 14.6 Å². The highest BCUT2D eigenvalue weighted by Gasteiger charge is 2.20. The normalized spacial score (nSPS) is 26.8. The minimum atomic E-state index is 0.106. The Balaban J connectivity index is 2.00. The summed E-state index contributed by atoms with van der Waals surface area (Å²) in [6, 6.07) is 0.571. The summed E-state index contributed by atoms with van der Waals surface area (Å²) < 4.78 is 10.8. The summed E-state index contributed by atoms with van der Waals surface area (Å²) in [5.74, 6) is 0. The first-order valence-electron chi connectivity index (χ1n) is 5.90. The molecule has 2 unspecified atom stereocenters. The lowest BCUT2D eigenvalue weighted by molar-refractivity contribution is -0.00165. The van der Waals surface area contributed by atoms with Crippen LogP contribution in [0.4, 0.5) is 0 Å². The number of ether oxygens (including phenoxy) is 2. The van der Waals surface area contributed by atoms with Crippen LogP contribution in [0.25, 0.3) is 0 Å². The first-order valence-corrected chi connectivity index (χ1v) is 5.90. The minimum Gasteiger partial charge on any atom is -0.394 e. The van der Waals surface area contributed by atoms with E-state index in [-0.39, 0.29) is 6.61 Å². The molecule has 2 atom stereocenters. The molecule has 0 aliphatic carbocycles. The van der Waals surface area contributed by atoms with E-state index in [1.807, 2.05) is 0 Å². The van der Waals surface area contributed by atoms with E-state index in [4.69, 9.17) is 14.6 Å². The van der Waals surface area contributed by atoms with Crippen molar-refractivity contribution in [2.75, 3.05) is 33.0 Å². The predicted molar refractivity (Wildman–Crippen MR) is 59.0 cm³/mol. The summed E-state index contributed by atoms with van der Waals surface area (Å²) in [5, 5.41) is 12.0. The number of aliphatic hydroxyl groups is 1. The Morgan fingerprint density at radius 3 is 3.07 bits per heavy atom. The van der Waals surface area contributed by atoms with Gasteiger partial charge in [-0.3, -0.25) is 0 Å². The Bertz CT molecular complexity index is 155. The molecule has 1 aliphatic heterocycles. The van der Waals surface area contributed by atoms with Gasteiger partial charge in [-0.2, -0.15) is 0 Å². The van der Waals surface area contributed by atoms with Crippen molar-refractivity contribution >= 4 is 0 Å². The molecular formula is C11H23NO3. The first-order chi connectivity index (χ1) is 7.36. The van der Waals surface area contributed by atoms with Gasteiger partial charge in [0.1, 0.15) is 0 Å². The standard InChI is InChI=1S/C11H23NO3/c1-2-11-9-10(3-6-15-11)12-4-7-14-8-5-13/h10-13H,2-9H2,1H3. The second-order valence-corrected chi connectivity index (χ2v) is 3.91. The molecule has 1 rings (SSSR count). The van der Waals surface area contributed by atoms with Gasteiger partial charge in [0.25, 0.3) is 0 Å². The van der Waals surface area contributed by atoms with Crippen molar-refractivity contribution in [3.63, 3.8) is 0 Å². The van der Waals surface area contributed by atoms with Gasteiger partial charge in [0, 0.05) is 19.2 Å². The molecule has 0 spiro atoms. The van der Waals surface area contributed by atoms with Crippen molar-refractivity contribution in [2.24, 2.45) is 0 Å². The van der Waals surface area contributed by atoms with Gasteiger partial charge in [0.15, 0.2) is 0 Å². The third-order valence-corrected chi connectivity index (χ3v) is 2.74. The van der Waals surface area contributed by atoms with E-state index in [2.05, 4.69) is 12.2 Å². The van der Waals surface area contributed by atoms with Crippen LogP contribution in [0.5, 0.6) is 0 Å². The highest BCUT2D eigenvalue weighted by atomic mass is 16.5. The van der Waals surface area contributed by atoms with Crippen molar-refractivity contribution in [3.8, 4) is 0 Å². The number of hydrogen-bond donors (Lipinski definition) is 2. The van der Waals surface area contributed by atoms with Crippen LogP contribution < -0.4 is 5.32 Å². The zero-order chi connectivity index (χ0) is 10.9. The zero-order valence-electron chi connectivity index (χ0n) is 9.58. The fourth-order valence-corrected chi connectivity index (χ4v) is 1.85. The van der Waals surface area contributed by atoms with Gasteiger partial charge in [-0.05, 0) is 19.3 Å². The van der Waals surface area contributed by atoms with Gasteiger partial charge in [-0.1, -0.05) is 6.92 Å². The van der Waals surface area contributed by atoms with Gasteiger partial charge in [0.05, 0.1) is 25.9 Å². The third-order valence-electron chi connectivity index (χ3n) is 2.74. The molecule has 4 heteroatoms. The van der Waals surface area contributed by atoms with Crippen LogP contribution in [0.2, 0.25) is 0 Å². The van der Waals surface area contributed by atoms with Crippen molar-refractivity contribution in [1.29, 1.82) is 0 Å². The van der Waals surface area contributed by atoms with Crippen molar-refractivity contribution in [2.45, 2.75) is 38.3 Å². The highest BCUT2D eigenvalue weighted by molar-refractivity contribution is 4.75. The summed E-state index contributed by atoms with van der Waals surface area (Å²) in [7, 11) is 0. The van der Waals surface area contributed by atoms with Crippen LogP contribution in [-0.2, 0) is 9.47 Å². The van der Waals surface area contributed by atoms with E-state index in [0.29, 0.717) is 25.4 Å². The topological polar surface area (TPSA) is 50.7 Å². The quantitative estimate of drug-likeness (QED) is 0.611. The molecule has 1 heterocycles. The molecule has 0 aromatic rings. The maximum atomic E-state index is 8.52. The number of hydrogen-bond acceptors (Lipinski definition) is 4. The Hall–Kier alpha value is -0.160. The van der Waals surface area contributed by atoms with Crippen LogP contribution in [-0.4, -0.2) is 50.2 Å². The zero-order valence-corrected chi connectivity index (χ0v) is 9.58. The first kappa shape index (κ1) is 12.9. The molecule has 0 radical (unpaired) electrons. The molecule has 4 nitrogen and oxygen atoms in total. The molecule has 1 saturated heterocycles. The van der Waals surface area contributed by atoms with Crippen LogP contribution in [0, 0.1) is 0 Å². The Morgan fingerprint density at radius 2 is 2.33 bits per heavy atom. The molecule has 0 saturated carbocycles. The third kappa shape index (κ3) is 5.47. The molecule has 1 aliphatic rings. The molecule has 1 fully saturated rings. The van der Waals surface area contributed by atoms with Crippen LogP contribution in [0.3, 0.4) is 0 Å². The molecule has 0 bridgehead atoms. The average Bonchev–Trinajstić information content (AvgIpc) is 2.29. The summed E-state index contributed by atoms with van der Waals surface area (Å²) in [5.41, 5.74) is 0. The molecule has 2 N–H and O–H groups in total. The summed E-state index contributed by atoms with van der Waals surface area (Å²) in [4.78, 5) is 0. The fraction of sp³-hybridized carbons (Fsp3) is 1.00. The SMILES string of the molecule is CCC1CC(NCCOCCO)CCO1. The maximum absolute atomic E-state index is 8.52. The van der Waals surface area contributed by atoms with Crippen LogP contribution in [0.1, 0.15) is 26.2 Å². The van der Waals surface area contributed by atoms with E-state index in [0.717, 1.165) is 32.4 Å². The van der Waals surface area contributed by atoms with E-state index in [1.54, 1.807) is 0 Å². The largest absolute Gasteiger partial charge is 0.394 e. The lowest BCUT2D eigenvalue weighted by Crippen LogP contribution is -2.40. The second kappa shape index (κ2) is 8.05. The molecule has 90 valence electrons. The molecule has 0 aromatic carbocycles. The van der Waals surface area contributed by atoms with Gasteiger partial charge in [0.2, 0.25) is 0 Å². The van der Waals surface area contributed by atoms with Gasteiger partial charge in [-0.25, -0.2) is 0 Å². The molecule has 15 heavy (non-hydrogen) atoms. The average molecular weight is 217 g/mol.